The molecule has 0 fully saturated rings. The predicted molar refractivity (Wildman–Crippen MR) is 70.4 cm³/mol. The zero-order valence-electron chi connectivity index (χ0n) is 10.1. The molecule has 4 nitrogen and oxygen atoms in total. The van der Waals surface area contributed by atoms with Crippen molar-refractivity contribution < 1.29 is 5.11 Å². The number of thiophene rings is 1. The predicted octanol–water partition coefficient (Wildman–Crippen LogP) is 2.17. The number of hydrogen-bond acceptors (Lipinski definition) is 4. The highest BCUT2D eigenvalue weighted by Gasteiger charge is 2.10. The Hall–Kier alpha value is -1.33. The summed E-state index contributed by atoms with van der Waals surface area (Å²) in [5.41, 5.74) is 2.15. The number of aromatic nitrogens is 2. The minimum Gasteiger partial charge on any atom is -0.394 e. The number of rotatable bonds is 5. The molecule has 2 aromatic rings. The standard InChI is InChI=1S/C12H17N3OS/c1-9-10(2)14-15(5-6-16)12(9)13-8-11-4-3-7-17-11/h3-4,7,13,16H,5-6,8H2,1-2H3. The van der Waals surface area contributed by atoms with Gasteiger partial charge < -0.3 is 10.4 Å². The monoisotopic (exact) mass is 251 g/mol. The summed E-state index contributed by atoms with van der Waals surface area (Å²) in [6.07, 6.45) is 0. The van der Waals surface area contributed by atoms with Crippen molar-refractivity contribution in [3.8, 4) is 0 Å². The molecule has 2 rings (SSSR count). The highest BCUT2D eigenvalue weighted by molar-refractivity contribution is 7.09. The molecule has 0 saturated carbocycles. The summed E-state index contributed by atoms with van der Waals surface area (Å²) >= 11 is 1.73. The van der Waals surface area contributed by atoms with Crippen LogP contribution in [0.2, 0.25) is 0 Å². The average molecular weight is 251 g/mol. The van der Waals surface area contributed by atoms with Crippen LogP contribution in [0.15, 0.2) is 17.5 Å². The van der Waals surface area contributed by atoms with E-state index in [1.807, 2.05) is 24.6 Å². The molecule has 2 N–H and O–H groups in total. The molecule has 0 aliphatic carbocycles. The van der Waals surface area contributed by atoms with Gasteiger partial charge in [0.05, 0.1) is 25.4 Å². The Kier molecular flexibility index (Phi) is 3.81. The lowest BCUT2D eigenvalue weighted by Crippen LogP contribution is -2.10. The van der Waals surface area contributed by atoms with Gasteiger partial charge in [-0.1, -0.05) is 6.07 Å². The van der Waals surface area contributed by atoms with Gasteiger partial charge in [-0.25, -0.2) is 4.68 Å². The summed E-state index contributed by atoms with van der Waals surface area (Å²) in [5, 5.41) is 18.9. The molecule has 2 heterocycles. The van der Waals surface area contributed by atoms with Crippen molar-refractivity contribution in [2.75, 3.05) is 11.9 Å². The first-order valence-electron chi connectivity index (χ1n) is 5.63. The fraction of sp³-hybridized carbons (Fsp3) is 0.417. The van der Waals surface area contributed by atoms with E-state index in [-0.39, 0.29) is 6.61 Å². The van der Waals surface area contributed by atoms with Crippen molar-refractivity contribution in [3.05, 3.63) is 33.6 Å². The van der Waals surface area contributed by atoms with Crippen LogP contribution in [0.3, 0.4) is 0 Å². The third-order valence-electron chi connectivity index (χ3n) is 2.75. The lowest BCUT2D eigenvalue weighted by molar-refractivity contribution is 0.270. The van der Waals surface area contributed by atoms with Crippen LogP contribution in [0.5, 0.6) is 0 Å². The Bertz CT molecular complexity index is 476. The first-order valence-corrected chi connectivity index (χ1v) is 6.51. The fourth-order valence-corrected chi connectivity index (χ4v) is 2.38. The van der Waals surface area contributed by atoms with Crippen LogP contribution in [-0.4, -0.2) is 21.5 Å². The molecule has 0 unspecified atom stereocenters. The second-order valence-electron chi connectivity index (χ2n) is 3.94. The van der Waals surface area contributed by atoms with Gasteiger partial charge in [0, 0.05) is 10.4 Å². The van der Waals surface area contributed by atoms with E-state index in [1.54, 1.807) is 11.3 Å². The number of hydrogen-bond donors (Lipinski definition) is 2. The van der Waals surface area contributed by atoms with Crippen molar-refractivity contribution in [1.82, 2.24) is 9.78 Å². The van der Waals surface area contributed by atoms with E-state index in [0.717, 1.165) is 23.6 Å². The van der Waals surface area contributed by atoms with Gasteiger partial charge in [0.1, 0.15) is 5.82 Å². The Morgan fingerprint density at radius 2 is 2.29 bits per heavy atom. The molecule has 0 aliphatic rings. The van der Waals surface area contributed by atoms with Crippen LogP contribution in [0.1, 0.15) is 16.1 Å². The average Bonchev–Trinajstić information content (AvgIpc) is 2.89. The molecule has 0 aromatic carbocycles. The van der Waals surface area contributed by atoms with Gasteiger partial charge in [-0.2, -0.15) is 5.10 Å². The molecule has 2 aromatic heterocycles. The SMILES string of the molecule is Cc1nn(CCO)c(NCc2cccs2)c1C. The Morgan fingerprint density at radius 3 is 2.94 bits per heavy atom. The molecule has 0 amide bonds. The van der Waals surface area contributed by atoms with Gasteiger partial charge in [0.25, 0.3) is 0 Å². The van der Waals surface area contributed by atoms with Crippen LogP contribution in [0.25, 0.3) is 0 Å². The minimum atomic E-state index is 0.105. The van der Waals surface area contributed by atoms with E-state index in [2.05, 4.69) is 21.9 Å². The van der Waals surface area contributed by atoms with Gasteiger partial charge in [-0.05, 0) is 25.3 Å². The number of anilines is 1. The van der Waals surface area contributed by atoms with Crippen molar-refractivity contribution >= 4 is 17.2 Å². The van der Waals surface area contributed by atoms with E-state index in [1.165, 1.54) is 4.88 Å². The lowest BCUT2D eigenvalue weighted by atomic mass is 10.3. The van der Waals surface area contributed by atoms with Crippen LogP contribution in [-0.2, 0) is 13.1 Å². The highest BCUT2D eigenvalue weighted by Crippen LogP contribution is 2.20. The van der Waals surface area contributed by atoms with Gasteiger partial charge in [0.15, 0.2) is 0 Å². The van der Waals surface area contributed by atoms with Crippen molar-refractivity contribution in [2.24, 2.45) is 0 Å². The number of nitrogens with zero attached hydrogens (tertiary/aromatic N) is 2. The summed E-state index contributed by atoms with van der Waals surface area (Å²) in [4.78, 5) is 1.29. The largest absolute Gasteiger partial charge is 0.394 e. The van der Waals surface area contributed by atoms with Crippen molar-refractivity contribution in [1.29, 1.82) is 0 Å². The van der Waals surface area contributed by atoms with Gasteiger partial charge >= 0.3 is 0 Å². The summed E-state index contributed by atoms with van der Waals surface area (Å²) in [7, 11) is 0. The summed E-state index contributed by atoms with van der Waals surface area (Å²) < 4.78 is 1.83. The minimum absolute atomic E-state index is 0.105. The highest BCUT2D eigenvalue weighted by atomic mass is 32.1. The van der Waals surface area contributed by atoms with Crippen LogP contribution in [0.4, 0.5) is 5.82 Å². The van der Waals surface area contributed by atoms with Gasteiger partial charge in [-0.3, -0.25) is 0 Å². The number of aryl methyl sites for hydroxylation is 1. The first kappa shape index (κ1) is 12.1. The first-order chi connectivity index (χ1) is 8.22. The zero-order valence-corrected chi connectivity index (χ0v) is 10.9. The molecule has 0 saturated heterocycles. The molecule has 17 heavy (non-hydrogen) atoms. The normalized spacial score (nSPS) is 10.8. The molecule has 0 atom stereocenters. The smallest absolute Gasteiger partial charge is 0.127 e. The van der Waals surface area contributed by atoms with Crippen molar-refractivity contribution in [2.45, 2.75) is 26.9 Å². The van der Waals surface area contributed by atoms with Gasteiger partial charge in [-0.15, -0.1) is 11.3 Å². The molecular weight excluding hydrogens is 234 g/mol. The third-order valence-corrected chi connectivity index (χ3v) is 3.63. The summed E-state index contributed by atoms with van der Waals surface area (Å²) in [6.45, 7) is 5.47. The topological polar surface area (TPSA) is 50.1 Å². The van der Waals surface area contributed by atoms with Gasteiger partial charge in [0.2, 0.25) is 0 Å². The quantitative estimate of drug-likeness (QED) is 0.856. The maximum absolute atomic E-state index is 9.01. The summed E-state index contributed by atoms with van der Waals surface area (Å²) in [6, 6.07) is 4.15. The van der Waals surface area contributed by atoms with Crippen LogP contribution in [0, 0.1) is 13.8 Å². The molecule has 0 radical (unpaired) electrons. The van der Waals surface area contributed by atoms with E-state index in [4.69, 9.17) is 5.11 Å². The zero-order chi connectivity index (χ0) is 12.3. The number of nitrogens with one attached hydrogen (secondary N) is 1. The van der Waals surface area contributed by atoms with E-state index < -0.39 is 0 Å². The lowest BCUT2D eigenvalue weighted by Gasteiger charge is -2.09. The molecule has 0 aliphatic heterocycles. The Labute approximate surface area is 105 Å². The summed E-state index contributed by atoms with van der Waals surface area (Å²) in [5.74, 6) is 1.00. The Morgan fingerprint density at radius 1 is 1.47 bits per heavy atom. The molecule has 92 valence electrons. The second kappa shape index (κ2) is 5.33. The number of aliphatic hydroxyl groups is 1. The fourth-order valence-electron chi connectivity index (χ4n) is 1.74. The van der Waals surface area contributed by atoms with E-state index in [9.17, 15) is 0 Å². The molecule has 0 spiro atoms. The molecular formula is C12H17N3OS. The second-order valence-corrected chi connectivity index (χ2v) is 4.97. The number of aliphatic hydroxyl groups excluding tert-OH is 1. The Balaban J connectivity index is 2.13. The van der Waals surface area contributed by atoms with Crippen molar-refractivity contribution in [3.63, 3.8) is 0 Å². The maximum atomic E-state index is 9.01. The maximum Gasteiger partial charge on any atom is 0.127 e. The van der Waals surface area contributed by atoms with Crippen LogP contribution < -0.4 is 5.32 Å². The molecule has 5 heteroatoms. The van der Waals surface area contributed by atoms with Crippen LogP contribution >= 0.6 is 11.3 Å². The van der Waals surface area contributed by atoms with E-state index in [0.29, 0.717) is 6.54 Å². The van der Waals surface area contributed by atoms with E-state index >= 15 is 0 Å². The third kappa shape index (κ3) is 2.68. The molecule has 0 bridgehead atoms.